The smallest absolute Gasteiger partial charge is 0.191 e. The van der Waals surface area contributed by atoms with Gasteiger partial charge < -0.3 is 11.1 Å². The number of nitrogen functional groups attached to an aromatic ring is 1. The van der Waals surface area contributed by atoms with E-state index in [0.29, 0.717) is 17.0 Å². The molecule has 1 aromatic heterocycles. The van der Waals surface area contributed by atoms with Crippen molar-refractivity contribution in [3.63, 3.8) is 0 Å². The lowest BCUT2D eigenvalue weighted by atomic mass is 9.88. The van der Waals surface area contributed by atoms with Crippen molar-refractivity contribution in [1.82, 2.24) is 9.97 Å². The third-order valence-electron chi connectivity index (χ3n) is 2.57. The average Bonchev–Trinajstić information content (AvgIpc) is 2.15. The second-order valence-electron chi connectivity index (χ2n) is 4.90. The summed E-state index contributed by atoms with van der Waals surface area (Å²) in [6.07, 6.45) is 1.94. The van der Waals surface area contributed by atoms with Crippen LogP contribution in [-0.2, 0) is 0 Å². The van der Waals surface area contributed by atoms with Gasteiger partial charge in [-0.1, -0.05) is 32.5 Å². The highest BCUT2D eigenvalue weighted by molar-refractivity contribution is 7.98. The summed E-state index contributed by atoms with van der Waals surface area (Å²) in [6.45, 7) is 8.69. The molecule has 0 fully saturated rings. The molecule has 0 radical (unpaired) electrons. The molecular formula is C11H20N4S. The molecule has 4 nitrogen and oxygen atoms in total. The van der Waals surface area contributed by atoms with Gasteiger partial charge in [0, 0.05) is 12.1 Å². The fourth-order valence-electron chi connectivity index (χ4n) is 1.05. The highest BCUT2D eigenvalue weighted by Crippen LogP contribution is 2.23. The summed E-state index contributed by atoms with van der Waals surface area (Å²) < 4.78 is 0. The summed E-state index contributed by atoms with van der Waals surface area (Å²) in [5.74, 6) is 1.29. The lowest BCUT2D eigenvalue weighted by molar-refractivity contribution is 0.358. The van der Waals surface area contributed by atoms with Crippen molar-refractivity contribution in [1.29, 1.82) is 0 Å². The minimum absolute atomic E-state index is 0.180. The molecule has 0 aliphatic heterocycles. The Morgan fingerprint density at radius 3 is 2.50 bits per heavy atom. The molecule has 90 valence electrons. The number of nitrogens with one attached hydrogen (secondary N) is 1. The first-order chi connectivity index (χ1) is 7.32. The van der Waals surface area contributed by atoms with E-state index in [9.17, 15) is 0 Å². The number of nitrogens with zero attached hydrogens (tertiary/aromatic N) is 2. The van der Waals surface area contributed by atoms with Gasteiger partial charge in [0.05, 0.1) is 0 Å². The fourth-order valence-corrected chi connectivity index (χ4v) is 1.43. The molecule has 1 atom stereocenters. The minimum atomic E-state index is 0.180. The highest BCUT2D eigenvalue weighted by Gasteiger charge is 2.20. The fraction of sp³-hybridized carbons (Fsp3) is 0.636. The maximum Gasteiger partial charge on any atom is 0.191 e. The van der Waals surface area contributed by atoms with Gasteiger partial charge in [-0.05, 0) is 18.6 Å². The monoisotopic (exact) mass is 240 g/mol. The minimum Gasteiger partial charge on any atom is -0.383 e. The Kier molecular flexibility index (Phi) is 4.02. The molecule has 1 heterocycles. The largest absolute Gasteiger partial charge is 0.383 e. The Bertz CT molecular complexity index is 359. The molecule has 0 aliphatic rings. The maximum atomic E-state index is 5.72. The van der Waals surface area contributed by atoms with Crippen LogP contribution in [-0.4, -0.2) is 22.3 Å². The summed E-state index contributed by atoms with van der Waals surface area (Å²) in [7, 11) is 0. The van der Waals surface area contributed by atoms with Gasteiger partial charge in [-0.15, -0.1) is 0 Å². The van der Waals surface area contributed by atoms with Gasteiger partial charge in [0.25, 0.3) is 0 Å². The standard InChI is InChI=1S/C11H20N4S/c1-7(11(2,3)4)13-9-6-8(12)14-10(15-9)16-5/h6-7H,1-5H3,(H3,12,13,14,15). The molecule has 1 aromatic rings. The number of nitrogens with two attached hydrogens (primary N) is 1. The van der Waals surface area contributed by atoms with Crippen molar-refractivity contribution in [2.45, 2.75) is 38.9 Å². The zero-order valence-corrected chi connectivity index (χ0v) is 11.4. The van der Waals surface area contributed by atoms with Crippen LogP contribution in [0.4, 0.5) is 11.6 Å². The average molecular weight is 240 g/mol. The Hall–Kier alpha value is -0.970. The van der Waals surface area contributed by atoms with Crippen molar-refractivity contribution in [3.05, 3.63) is 6.07 Å². The Balaban J connectivity index is 2.85. The normalized spacial score (nSPS) is 13.6. The molecule has 0 saturated heterocycles. The Morgan fingerprint density at radius 1 is 1.38 bits per heavy atom. The third-order valence-corrected chi connectivity index (χ3v) is 3.12. The Labute approximate surface area is 101 Å². The van der Waals surface area contributed by atoms with Crippen molar-refractivity contribution in [2.24, 2.45) is 5.41 Å². The van der Waals surface area contributed by atoms with Crippen molar-refractivity contribution in [3.8, 4) is 0 Å². The summed E-state index contributed by atoms with van der Waals surface area (Å²) >= 11 is 1.49. The van der Waals surface area contributed by atoms with E-state index in [2.05, 4.69) is 43.0 Å². The van der Waals surface area contributed by atoms with E-state index in [4.69, 9.17) is 5.73 Å². The molecule has 5 heteroatoms. The molecule has 0 aliphatic carbocycles. The second-order valence-corrected chi connectivity index (χ2v) is 5.67. The second kappa shape index (κ2) is 4.91. The predicted octanol–water partition coefficient (Wildman–Crippen LogP) is 2.63. The maximum absolute atomic E-state index is 5.72. The molecule has 16 heavy (non-hydrogen) atoms. The van der Waals surface area contributed by atoms with Crippen LogP contribution in [0, 0.1) is 5.41 Å². The van der Waals surface area contributed by atoms with Crippen LogP contribution < -0.4 is 11.1 Å². The number of anilines is 2. The third kappa shape index (κ3) is 3.56. The van der Waals surface area contributed by atoms with Gasteiger partial charge in [-0.2, -0.15) is 0 Å². The van der Waals surface area contributed by atoms with E-state index in [1.54, 1.807) is 6.07 Å². The van der Waals surface area contributed by atoms with Crippen molar-refractivity contribution >= 4 is 23.4 Å². The lowest BCUT2D eigenvalue weighted by Crippen LogP contribution is -2.31. The van der Waals surface area contributed by atoms with Crippen LogP contribution in [0.2, 0.25) is 0 Å². The van der Waals surface area contributed by atoms with Gasteiger partial charge >= 0.3 is 0 Å². The first-order valence-electron chi connectivity index (χ1n) is 5.28. The molecule has 0 aromatic carbocycles. The van der Waals surface area contributed by atoms with Gasteiger partial charge in [0.1, 0.15) is 11.6 Å². The SMILES string of the molecule is CSc1nc(N)cc(NC(C)C(C)(C)C)n1. The zero-order valence-electron chi connectivity index (χ0n) is 10.5. The quantitative estimate of drug-likeness (QED) is 0.628. The van der Waals surface area contributed by atoms with Crippen LogP contribution in [0.3, 0.4) is 0 Å². The van der Waals surface area contributed by atoms with Crippen LogP contribution >= 0.6 is 11.8 Å². The number of hydrogen-bond acceptors (Lipinski definition) is 5. The first kappa shape index (κ1) is 13.1. The summed E-state index contributed by atoms with van der Waals surface area (Å²) in [4.78, 5) is 8.48. The topological polar surface area (TPSA) is 63.8 Å². The van der Waals surface area contributed by atoms with E-state index in [-0.39, 0.29) is 5.41 Å². The first-order valence-corrected chi connectivity index (χ1v) is 6.50. The molecule has 3 N–H and O–H groups in total. The van der Waals surface area contributed by atoms with Gasteiger partial charge in [-0.3, -0.25) is 0 Å². The van der Waals surface area contributed by atoms with Crippen LogP contribution in [0.25, 0.3) is 0 Å². The molecule has 1 rings (SSSR count). The lowest BCUT2D eigenvalue weighted by Gasteiger charge is -2.28. The molecule has 0 spiro atoms. The molecule has 1 unspecified atom stereocenters. The van der Waals surface area contributed by atoms with Crippen molar-refractivity contribution in [2.75, 3.05) is 17.3 Å². The number of hydrogen-bond donors (Lipinski definition) is 2. The summed E-state index contributed by atoms with van der Waals surface area (Å²) in [5, 5.41) is 4.05. The van der Waals surface area contributed by atoms with Gasteiger partial charge in [0.2, 0.25) is 0 Å². The Morgan fingerprint density at radius 2 is 2.00 bits per heavy atom. The molecule has 0 bridgehead atoms. The van der Waals surface area contributed by atoms with E-state index < -0.39 is 0 Å². The van der Waals surface area contributed by atoms with E-state index in [1.165, 1.54) is 11.8 Å². The summed E-state index contributed by atoms with van der Waals surface area (Å²) in [5.41, 5.74) is 5.90. The summed E-state index contributed by atoms with van der Waals surface area (Å²) in [6, 6.07) is 2.08. The highest BCUT2D eigenvalue weighted by atomic mass is 32.2. The molecule has 0 amide bonds. The van der Waals surface area contributed by atoms with E-state index in [0.717, 1.165) is 5.82 Å². The van der Waals surface area contributed by atoms with Gasteiger partial charge in [-0.25, -0.2) is 9.97 Å². The molecule has 0 saturated carbocycles. The number of thioether (sulfide) groups is 1. The van der Waals surface area contributed by atoms with Crippen LogP contribution in [0.5, 0.6) is 0 Å². The zero-order chi connectivity index (χ0) is 12.3. The predicted molar refractivity (Wildman–Crippen MR) is 70.8 cm³/mol. The van der Waals surface area contributed by atoms with Crippen molar-refractivity contribution < 1.29 is 0 Å². The van der Waals surface area contributed by atoms with E-state index >= 15 is 0 Å². The van der Waals surface area contributed by atoms with Crippen LogP contribution in [0.15, 0.2) is 11.2 Å². The molecular weight excluding hydrogens is 220 g/mol. The number of rotatable bonds is 3. The van der Waals surface area contributed by atoms with E-state index in [1.807, 2.05) is 6.26 Å². The van der Waals surface area contributed by atoms with Crippen LogP contribution in [0.1, 0.15) is 27.7 Å². The number of aromatic nitrogens is 2. The van der Waals surface area contributed by atoms with Gasteiger partial charge in [0.15, 0.2) is 5.16 Å².